The van der Waals surface area contributed by atoms with Gasteiger partial charge in [0.1, 0.15) is 5.82 Å². The number of rotatable bonds is 6. The Hall–Kier alpha value is -2.54. The molecule has 0 radical (unpaired) electrons. The van der Waals surface area contributed by atoms with Gasteiger partial charge in [-0.2, -0.15) is 0 Å². The number of anilines is 1. The van der Waals surface area contributed by atoms with Crippen molar-refractivity contribution in [3.63, 3.8) is 0 Å². The minimum Gasteiger partial charge on any atom is -0.378 e. The lowest BCUT2D eigenvalue weighted by Gasteiger charge is -2.27. The molecule has 1 aromatic heterocycles. The van der Waals surface area contributed by atoms with Gasteiger partial charge in [0.2, 0.25) is 5.95 Å². The first-order valence-corrected chi connectivity index (χ1v) is 9.37. The van der Waals surface area contributed by atoms with Crippen molar-refractivity contribution in [2.75, 3.05) is 31.2 Å². The molecule has 6 nitrogen and oxygen atoms in total. The molecule has 1 aliphatic heterocycles. The largest absolute Gasteiger partial charge is 0.378 e. The summed E-state index contributed by atoms with van der Waals surface area (Å²) in [5, 5.41) is 3.02. The Kier molecular flexibility index (Phi) is 6.34. The fourth-order valence-corrected chi connectivity index (χ4v) is 3.13. The molecular weight excluding hydrogens is 347 g/mol. The number of carbonyl (C=O) groups is 1. The van der Waals surface area contributed by atoms with Gasteiger partial charge in [0, 0.05) is 19.3 Å². The molecule has 1 atom stereocenters. The predicted molar refractivity (Wildman–Crippen MR) is 101 cm³/mol. The third kappa shape index (κ3) is 4.60. The van der Waals surface area contributed by atoms with E-state index in [0.29, 0.717) is 37.6 Å². The van der Waals surface area contributed by atoms with Gasteiger partial charge in [-0.1, -0.05) is 26.0 Å². The van der Waals surface area contributed by atoms with Gasteiger partial charge in [-0.05, 0) is 30.5 Å². The zero-order valence-electron chi connectivity index (χ0n) is 15.7. The van der Waals surface area contributed by atoms with E-state index in [1.807, 2.05) is 13.8 Å². The maximum atomic E-state index is 13.2. The number of benzene rings is 1. The predicted octanol–water partition coefficient (Wildman–Crippen LogP) is 2.90. The molecule has 0 unspecified atom stereocenters. The maximum Gasteiger partial charge on any atom is 0.255 e. The van der Waals surface area contributed by atoms with Crippen molar-refractivity contribution in [2.24, 2.45) is 0 Å². The molecule has 144 valence electrons. The minimum absolute atomic E-state index is 0.193. The Balaban J connectivity index is 1.77. The first-order valence-electron chi connectivity index (χ1n) is 9.37. The van der Waals surface area contributed by atoms with E-state index in [-0.39, 0.29) is 17.8 Å². The van der Waals surface area contributed by atoms with Gasteiger partial charge < -0.3 is 15.0 Å². The Labute approximate surface area is 158 Å². The first kappa shape index (κ1) is 19.2. The quantitative estimate of drug-likeness (QED) is 0.845. The van der Waals surface area contributed by atoms with Crippen molar-refractivity contribution in [2.45, 2.75) is 32.7 Å². The summed E-state index contributed by atoms with van der Waals surface area (Å²) >= 11 is 0. The Morgan fingerprint density at radius 1 is 1.26 bits per heavy atom. The highest BCUT2D eigenvalue weighted by Gasteiger charge is 2.20. The van der Waals surface area contributed by atoms with Crippen LogP contribution in [0.5, 0.6) is 0 Å². The van der Waals surface area contributed by atoms with Crippen LogP contribution in [0, 0.1) is 5.82 Å². The van der Waals surface area contributed by atoms with E-state index in [0.717, 1.165) is 24.3 Å². The second kappa shape index (κ2) is 8.90. The molecule has 1 fully saturated rings. The zero-order valence-corrected chi connectivity index (χ0v) is 15.7. The number of morpholine rings is 1. The average molecular weight is 372 g/mol. The fourth-order valence-electron chi connectivity index (χ4n) is 3.13. The Bertz CT molecular complexity index is 776. The van der Waals surface area contributed by atoms with Crippen molar-refractivity contribution < 1.29 is 13.9 Å². The van der Waals surface area contributed by atoms with Gasteiger partial charge in [-0.25, -0.2) is 14.4 Å². The van der Waals surface area contributed by atoms with Crippen LogP contribution < -0.4 is 10.2 Å². The van der Waals surface area contributed by atoms with E-state index in [1.54, 1.807) is 18.3 Å². The standard InChI is InChI=1S/C20H25FN4O2/c1-3-17(14-5-7-15(21)8-6-14)23-19(26)16-13-22-20(24-18(16)4-2)25-9-11-27-12-10-25/h5-8,13,17H,3-4,9-12H2,1-2H3,(H,23,26)/t17-/m1/s1. The van der Waals surface area contributed by atoms with Gasteiger partial charge >= 0.3 is 0 Å². The van der Waals surface area contributed by atoms with Crippen molar-refractivity contribution in [1.82, 2.24) is 15.3 Å². The van der Waals surface area contributed by atoms with Gasteiger partial charge in [0.25, 0.3) is 5.91 Å². The van der Waals surface area contributed by atoms with Gasteiger partial charge in [-0.15, -0.1) is 0 Å². The average Bonchev–Trinajstić information content (AvgIpc) is 2.72. The normalized spacial score (nSPS) is 15.4. The number of halogens is 1. The third-order valence-corrected chi connectivity index (χ3v) is 4.71. The number of nitrogens with zero attached hydrogens (tertiary/aromatic N) is 3. The summed E-state index contributed by atoms with van der Waals surface area (Å²) in [6, 6.07) is 6.01. The molecule has 0 bridgehead atoms. The number of ether oxygens (including phenoxy) is 1. The molecule has 2 aromatic rings. The molecule has 7 heteroatoms. The molecule has 1 N–H and O–H groups in total. The third-order valence-electron chi connectivity index (χ3n) is 4.71. The van der Waals surface area contributed by atoms with Crippen molar-refractivity contribution >= 4 is 11.9 Å². The van der Waals surface area contributed by atoms with E-state index in [2.05, 4.69) is 20.2 Å². The van der Waals surface area contributed by atoms with E-state index in [1.165, 1.54) is 12.1 Å². The highest BCUT2D eigenvalue weighted by molar-refractivity contribution is 5.95. The molecule has 0 saturated carbocycles. The van der Waals surface area contributed by atoms with E-state index >= 15 is 0 Å². The smallest absolute Gasteiger partial charge is 0.255 e. The SMILES string of the molecule is CCc1nc(N2CCOCC2)ncc1C(=O)N[C@H](CC)c1ccc(F)cc1. The van der Waals surface area contributed by atoms with Crippen LogP contribution in [0.2, 0.25) is 0 Å². The van der Waals surface area contributed by atoms with Crippen molar-refractivity contribution in [1.29, 1.82) is 0 Å². The number of carbonyl (C=O) groups excluding carboxylic acids is 1. The highest BCUT2D eigenvalue weighted by Crippen LogP contribution is 2.19. The van der Waals surface area contributed by atoms with Gasteiger partial charge in [-0.3, -0.25) is 4.79 Å². The summed E-state index contributed by atoms with van der Waals surface area (Å²) in [6.45, 7) is 6.76. The topological polar surface area (TPSA) is 67.3 Å². The second-order valence-corrected chi connectivity index (χ2v) is 6.47. The monoisotopic (exact) mass is 372 g/mol. The van der Waals surface area contributed by atoms with Crippen LogP contribution >= 0.6 is 0 Å². The molecule has 0 spiro atoms. The number of hydrogen-bond acceptors (Lipinski definition) is 5. The molecule has 1 aromatic carbocycles. The number of hydrogen-bond donors (Lipinski definition) is 1. The molecule has 2 heterocycles. The summed E-state index contributed by atoms with van der Waals surface area (Å²) in [6.07, 6.45) is 2.94. The van der Waals surface area contributed by atoms with E-state index in [9.17, 15) is 9.18 Å². The summed E-state index contributed by atoms with van der Waals surface area (Å²) in [5.41, 5.74) is 2.07. The molecule has 27 heavy (non-hydrogen) atoms. The number of aryl methyl sites for hydroxylation is 1. The zero-order chi connectivity index (χ0) is 19.2. The summed E-state index contributed by atoms with van der Waals surface area (Å²) in [4.78, 5) is 23.9. The number of amides is 1. The van der Waals surface area contributed by atoms with Crippen LogP contribution in [0.4, 0.5) is 10.3 Å². The van der Waals surface area contributed by atoms with Crippen LogP contribution in [0.1, 0.15) is 47.9 Å². The van der Waals surface area contributed by atoms with Crippen LogP contribution in [0.25, 0.3) is 0 Å². The lowest BCUT2D eigenvalue weighted by molar-refractivity contribution is 0.0933. The lowest BCUT2D eigenvalue weighted by Crippen LogP contribution is -2.37. The molecule has 1 aliphatic rings. The Morgan fingerprint density at radius 3 is 2.59 bits per heavy atom. The molecule has 0 aliphatic carbocycles. The molecular formula is C20H25FN4O2. The number of nitrogens with one attached hydrogen (secondary N) is 1. The van der Waals surface area contributed by atoms with Gasteiger partial charge in [0.05, 0.1) is 30.5 Å². The van der Waals surface area contributed by atoms with Crippen LogP contribution in [-0.2, 0) is 11.2 Å². The lowest BCUT2D eigenvalue weighted by atomic mass is 10.0. The van der Waals surface area contributed by atoms with E-state index in [4.69, 9.17) is 4.74 Å². The molecule has 1 saturated heterocycles. The van der Waals surface area contributed by atoms with Gasteiger partial charge in [0.15, 0.2) is 0 Å². The van der Waals surface area contributed by atoms with Crippen molar-refractivity contribution in [3.8, 4) is 0 Å². The van der Waals surface area contributed by atoms with Crippen molar-refractivity contribution in [3.05, 3.63) is 53.1 Å². The first-order chi connectivity index (χ1) is 13.1. The van der Waals surface area contributed by atoms with Crippen LogP contribution in [0.3, 0.4) is 0 Å². The Morgan fingerprint density at radius 2 is 1.96 bits per heavy atom. The molecule has 1 amide bonds. The minimum atomic E-state index is -0.291. The van der Waals surface area contributed by atoms with Crippen LogP contribution in [-0.4, -0.2) is 42.2 Å². The summed E-state index contributed by atoms with van der Waals surface area (Å²) < 4.78 is 18.5. The summed E-state index contributed by atoms with van der Waals surface area (Å²) in [7, 11) is 0. The second-order valence-electron chi connectivity index (χ2n) is 6.47. The van der Waals surface area contributed by atoms with Crippen LogP contribution in [0.15, 0.2) is 30.5 Å². The van der Waals surface area contributed by atoms with E-state index < -0.39 is 0 Å². The summed E-state index contributed by atoms with van der Waals surface area (Å²) in [5.74, 6) is 0.133. The number of aromatic nitrogens is 2. The molecule has 3 rings (SSSR count). The maximum absolute atomic E-state index is 13.2. The highest BCUT2D eigenvalue weighted by atomic mass is 19.1. The fraction of sp³-hybridized carbons (Fsp3) is 0.450.